The molecule has 0 spiro atoms. The average Bonchev–Trinajstić information content (AvgIpc) is 2.91. The zero-order chi connectivity index (χ0) is 13.9. The van der Waals surface area contributed by atoms with Gasteiger partial charge in [0.25, 0.3) is 0 Å². The lowest BCUT2D eigenvalue weighted by molar-refractivity contribution is 0.687. The molecule has 4 heteroatoms. The molecule has 0 bridgehead atoms. The van der Waals surface area contributed by atoms with Crippen LogP contribution in [0, 0.1) is 6.92 Å². The normalized spacial score (nSPS) is 10.7. The Bertz CT molecular complexity index is 716. The molecule has 0 saturated carbocycles. The van der Waals surface area contributed by atoms with Gasteiger partial charge in [-0.2, -0.15) is 5.10 Å². The Hall–Kier alpha value is -2.62. The molecule has 0 aliphatic heterocycles. The van der Waals surface area contributed by atoms with Crippen molar-refractivity contribution in [2.75, 3.05) is 5.73 Å². The van der Waals surface area contributed by atoms with Crippen LogP contribution in [-0.2, 0) is 6.54 Å². The number of rotatable bonds is 3. The Labute approximate surface area is 117 Å². The van der Waals surface area contributed by atoms with Gasteiger partial charge in [0, 0.05) is 23.5 Å². The van der Waals surface area contributed by atoms with Gasteiger partial charge < -0.3 is 5.73 Å². The molecule has 4 nitrogen and oxygen atoms in total. The summed E-state index contributed by atoms with van der Waals surface area (Å²) in [7, 11) is 0. The van der Waals surface area contributed by atoms with E-state index in [9.17, 15) is 0 Å². The molecule has 100 valence electrons. The molecule has 2 heterocycles. The van der Waals surface area contributed by atoms with Gasteiger partial charge in [-0.1, -0.05) is 30.3 Å². The van der Waals surface area contributed by atoms with E-state index in [1.54, 1.807) is 6.20 Å². The Morgan fingerprint density at radius 2 is 1.90 bits per heavy atom. The molecule has 0 aliphatic carbocycles. The summed E-state index contributed by atoms with van der Waals surface area (Å²) in [4.78, 5) is 4.19. The number of hydrogen-bond donors (Lipinski definition) is 1. The molecule has 0 fully saturated rings. The first-order valence-corrected chi connectivity index (χ1v) is 6.51. The van der Waals surface area contributed by atoms with Crippen LogP contribution in [0.5, 0.6) is 0 Å². The monoisotopic (exact) mass is 264 g/mol. The average molecular weight is 264 g/mol. The Balaban J connectivity index is 1.84. The van der Waals surface area contributed by atoms with Gasteiger partial charge in [0.15, 0.2) is 0 Å². The molecule has 0 unspecified atom stereocenters. The maximum absolute atomic E-state index is 5.74. The molecule has 20 heavy (non-hydrogen) atoms. The van der Waals surface area contributed by atoms with Gasteiger partial charge in [-0.3, -0.25) is 4.68 Å². The third-order valence-corrected chi connectivity index (χ3v) is 3.27. The SMILES string of the molecule is Cc1cc(-c2cnn(Cc3ccccc3)c2)cnc1N. The zero-order valence-corrected chi connectivity index (χ0v) is 11.3. The first-order chi connectivity index (χ1) is 9.72. The molecule has 0 radical (unpaired) electrons. The molecular weight excluding hydrogens is 248 g/mol. The number of pyridine rings is 1. The highest BCUT2D eigenvalue weighted by Gasteiger charge is 2.04. The largest absolute Gasteiger partial charge is 0.383 e. The molecule has 3 aromatic rings. The number of nitrogens with zero attached hydrogens (tertiary/aromatic N) is 3. The van der Waals surface area contributed by atoms with E-state index in [0.717, 1.165) is 23.2 Å². The van der Waals surface area contributed by atoms with Crippen molar-refractivity contribution in [2.45, 2.75) is 13.5 Å². The molecule has 0 atom stereocenters. The fourth-order valence-electron chi connectivity index (χ4n) is 2.11. The van der Waals surface area contributed by atoms with Crippen molar-refractivity contribution in [3.63, 3.8) is 0 Å². The van der Waals surface area contributed by atoms with Crippen LogP contribution >= 0.6 is 0 Å². The molecule has 0 saturated heterocycles. The second-order valence-corrected chi connectivity index (χ2v) is 4.84. The second kappa shape index (κ2) is 5.17. The van der Waals surface area contributed by atoms with Crippen LogP contribution < -0.4 is 5.73 Å². The molecule has 1 aromatic carbocycles. The smallest absolute Gasteiger partial charge is 0.126 e. The maximum Gasteiger partial charge on any atom is 0.126 e. The summed E-state index contributed by atoms with van der Waals surface area (Å²) in [5.41, 5.74) is 10.0. The zero-order valence-electron chi connectivity index (χ0n) is 11.3. The predicted molar refractivity (Wildman–Crippen MR) is 80.2 cm³/mol. The van der Waals surface area contributed by atoms with E-state index in [2.05, 4.69) is 22.2 Å². The predicted octanol–water partition coefficient (Wildman–Crippen LogP) is 2.88. The summed E-state index contributed by atoms with van der Waals surface area (Å²) < 4.78 is 1.93. The van der Waals surface area contributed by atoms with Gasteiger partial charge in [-0.15, -0.1) is 0 Å². The molecule has 3 rings (SSSR count). The van der Waals surface area contributed by atoms with Gasteiger partial charge in [0.05, 0.1) is 12.7 Å². The van der Waals surface area contributed by atoms with Crippen LogP contribution in [0.25, 0.3) is 11.1 Å². The third-order valence-electron chi connectivity index (χ3n) is 3.27. The maximum atomic E-state index is 5.74. The van der Waals surface area contributed by atoms with Gasteiger partial charge in [-0.25, -0.2) is 4.98 Å². The summed E-state index contributed by atoms with van der Waals surface area (Å²) in [5, 5.41) is 4.40. The fourth-order valence-corrected chi connectivity index (χ4v) is 2.11. The lowest BCUT2D eigenvalue weighted by Gasteiger charge is -2.02. The quantitative estimate of drug-likeness (QED) is 0.791. The number of hydrogen-bond acceptors (Lipinski definition) is 3. The highest BCUT2D eigenvalue weighted by atomic mass is 15.3. The van der Waals surface area contributed by atoms with Gasteiger partial charge in [0.2, 0.25) is 0 Å². The Morgan fingerprint density at radius 1 is 1.10 bits per heavy atom. The van der Waals surface area contributed by atoms with Gasteiger partial charge in [-0.05, 0) is 24.1 Å². The summed E-state index contributed by atoms with van der Waals surface area (Å²) in [5.74, 6) is 0.574. The van der Waals surface area contributed by atoms with Crippen molar-refractivity contribution in [1.29, 1.82) is 0 Å². The first-order valence-electron chi connectivity index (χ1n) is 6.51. The highest BCUT2D eigenvalue weighted by molar-refractivity contribution is 5.63. The van der Waals surface area contributed by atoms with Crippen LogP contribution in [0.15, 0.2) is 55.0 Å². The number of benzene rings is 1. The molecule has 2 N–H and O–H groups in total. The lowest BCUT2D eigenvalue weighted by Crippen LogP contribution is -1.99. The summed E-state index contributed by atoms with van der Waals surface area (Å²) in [6.45, 7) is 2.72. The molecule has 0 aliphatic rings. The van der Waals surface area contributed by atoms with E-state index in [0.29, 0.717) is 5.82 Å². The summed E-state index contributed by atoms with van der Waals surface area (Å²) >= 11 is 0. The first kappa shape index (κ1) is 12.4. The van der Waals surface area contributed by atoms with Crippen LogP contribution in [0.3, 0.4) is 0 Å². The van der Waals surface area contributed by atoms with Crippen molar-refractivity contribution in [2.24, 2.45) is 0 Å². The second-order valence-electron chi connectivity index (χ2n) is 4.84. The summed E-state index contributed by atoms with van der Waals surface area (Å²) in [6.07, 6.45) is 5.67. The van der Waals surface area contributed by atoms with E-state index >= 15 is 0 Å². The van der Waals surface area contributed by atoms with Crippen molar-refractivity contribution < 1.29 is 0 Å². The third kappa shape index (κ3) is 2.54. The van der Waals surface area contributed by atoms with Crippen LogP contribution in [-0.4, -0.2) is 14.8 Å². The standard InChI is InChI=1S/C16H16N4/c1-12-7-14(8-18-16(12)17)15-9-19-20(11-15)10-13-5-3-2-4-6-13/h2-9,11H,10H2,1H3,(H2,17,18). The Kier molecular flexibility index (Phi) is 3.21. The number of anilines is 1. The van der Waals surface area contributed by atoms with Crippen molar-refractivity contribution >= 4 is 5.82 Å². The minimum absolute atomic E-state index is 0.574. The number of nitrogens with two attached hydrogens (primary N) is 1. The van der Waals surface area contributed by atoms with Gasteiger partial charge >= 0.3 is 0 Å². The molecule has 0 amide bonds. The fraction of sp³-hybridized carbons (Fsp3) is 0.125. The molecule has 2 aromatic heterocycles. The Morgan fingerprint density at radius 3 is 2.65 bits per heavy atom. The number of aromatic nitrogens is 3. The van der Waals surface area contributed by atoms with Crippen molar-refractivity contribution in [1.82, 2.24) is 14.8 Å². The van der Waals surface area contributed by atoms with Crippen LogP contribution in [0.4, 0.5) is 5.82 Å². The number of nitrogen functional groups attached to an aromatic ring is 1. The number of aryl methyl sites for hydroxylation is 1. The van der Waals surface area contributed by atoms with Gasteiger partial charge in [0.1, 0.15) is 5.82 Å². The lowest BCUT2D eigenvalue weighted by atomic mass is 10.1. The van der Waals surface area contributed by atoms with E-state index in [-0.39, 0.29) is 0 Å². The van der Waals surface area contributed by atoms with E-state index in [4.69, 9.17) is 5.73 Å². The summed E-state index contributed by atoms with van der Waals surface area (Å²) in [6, 6.07) is 12.3. The van der Waals surface area contributed by atoms with Crippen molar-refractivity contribution in [3.05, 3.63) is 66.1 Å². The van der Waals surface area contributed by atoms with Crippen LogP contribution in [0.1, 0.15) is 11.1 Å². The van der Waals surface area contributed by atoms with Crippen LogP contribution in [0.2, 0.25) is 0 Å². The van der Waals surface area contributed by atoms with E-state index < -0.39 is 0 Å². The van der Waals surface area contributed by atoms with Crippen molar-refractivity contribution in [3.8, 4) is 11.1 Å². The molecular formula is C16H16N4. The minimum Gasteiger partial charge on any atom is -0.383 e. The minimum atomic E-state index is 0.574. The van der Waals surface area contributed by atoms with E-state index in [1.807, 2.05) is 48.3 Å². The topological polar surface area (TPSA) is 56.7 Å². The van der Waals surface area contributed by atoms with E-state index in [1.165, 1.54) is 5.56 Å². The highest BCUT2D eigenvalue weighted by Crippen LogP contribution is 2.21.